The number of aliphatic hydroxyl groups is 1. The second-order valence-corrected chi connectivity index (χ2v) is 5.30. The van der Waals surface area contributed by atoms with Gasteiger partial charge in [-0.3, -0.25) is 4.79 Å². The molecular formula is C14H21N3O3. The van der Waals surface area contributed by atoms with Crippen molar-refractivity contribution in [2.45, 2.75) is 18.4 Å². The first kappa shape index (κ1) is 14.6. The Morgan fingerprint density at radius 1 is 1.45 bits per heavy atom. The number of anilines is 2. The average Bonchev–Trinajstić information content (AvgIpc) is 2.38. The van der Waals surface area contributed by atoms with E-state index in [-0.39, 0.29) is 0 Å². The van der Waals surface area contributed by atoms with Crippen LogP contribution in [-0.2, 0) is 4.74 Å². The van der Waals surface area contributed by atoms with Crippen molar-refractivity contribution in [3.63, 3.8) is 0 Å². The van der Waals surface area contributed by atoms with Crippen LogP contribution in [0.25, 0.3) is 0 Å². The molecule has 1 fully saturated rings. The molecule has 1 heterocycles. The quantitative estimate of drug-likeness (QED) is 0.690. The topological polar surface area (TPSA) is 102 Å². The van der Waals surface area contributed by atoms with Crippen LogP contribution in [0.2, 0.25) is 0 Å². The minimum atomic E-state index is -0.829. The maximum atomic E-state index is 11.5. The Hall–Kier alpha value is -1.79. The number of nitrogens with two attached hydrogens (primary N) is 2. The molecule has 0 spiro atoms. The lowest BCUT2D eigenvalue weighted by molar-refractivity contribution is -0.0572. The largest absolute Gasteiger partial charge is 0.397 e. The van der Waals surface area contributed by atoms with Crippen molar-refractivity contribution < 1.29 is 14.6 Å². The lowest BCUT2D eigenvalue weighted by Crippen LogP contribution is -2.46. The Labute approximate surface area is 118 Å². The van der Waals surface area contributed by atoms with E-state index < -0.39 is 11.5 Å². The van der Waals surface area contributed by atoms with E-state index in [1.807, 2.05) is 0 Å². The second-order valence-electron chi connectivity index (χ2n) is 5.30. The number of carbonyl (C=O) groups is 1. The molecule has 0 atom stereocenters. The van der Waals surface area contributed by atoms with Gasteiger partial charge in [0.15, 0.2) is 0 Å². The van der Waals surface area contributed by atoms with Crippen LogP contribution < -0.4 is 16.4 Å². The number of primary amides is 1. The molecule has 1 amide bonds. The first-order valence-electron chi connectivity index (χ1n) is 6.62. The Bertz CT molecular complexity index is 498. The van der Waals surface area contributed by atoms with E-state index in [1.165, 1.54) is 0 Å². The number of nitrogens with zero attached hydrogens (tertiary/aromatic N) is 1. The zero-order valence-electron chi connectivity index (χ0n) is 11.6. The molecule has 110 valence electrons. The molecular weight excluding hydrogens is 258 g/mol. The van der Waals surface area contributed by atoms with Crippen LogP contribution in [0.5, 0.6) is 0 Å². The van der Waals surface area contributed by atoms with Crippen LogP contribution in [0.3, 0.4) is 0 Å². The number of hydrogen-bond donors (Lipinski definition) is 3. The summed E-state index contributed by atoms with van der Waals surface area (Å²) >= 11 is 0. The Morgan fingerprint density at radius 2 is 2.10 bits per heavy atom. The minimum Gasteiger partial charge on any atom is -0.397 e. The minimum absolute atomic E-state index is 0.364. The zero-order valence-corrected chi connectivity index (χ0v) is 11.6. The number of para-hydroxylation sites is 1. The molecule has 0 aliphatic carbocycles. The van der Waals surface area contributed by atoms with Crippen LogP contribution in [0.4, 0.5) is 11.4 Å². The van der Waals surface area contributed by atoms with Crippen molar-refractivity contribution in [1.82, 2.24) is 0 Å². The van der Waals surface area contributed by atoms with Gasteiger partial charge in [0.25, 0.3) is 5.91 Å². The van der Waals surface area contributed by atoms with Crippen molar-refractivity contribution in [3.05, 3.63) is 23.8 Å². The first-order valence-corrected chi connectivity index (χ1v) is 6.62. The zero-order chi connectivity index (χ0) is 14.8. The molecule has 6 heteroatoms. The molecule has 1 aliphatic heterocycles. The highest BCUT2D eigenvalue weighted by atomic mass is 16.5. The summed E-state index contributed by atoms with van der Waals surface area (Å²) < 4.78 is 5.26. The summed E-state index contributed by atoms with van der Waals surface area (Å²) in [5, 5.41) is 10.5. The smallest absolute Gasteiger partial charge is 0.250 e. The molecule has 1 aromatic carbocycles. The fraction of sp³-hybridized carbons (Fsp3) is 0.500. The highest BCUT2D eigenvalue weighted by Gasteiger charge is 2.32. The predicted octanol–water partition coefficient (Wildman–Crippen LogP) is 0.345. The number of carbonyl (C=O) groups excluding carboxylic acids is 1. The molecule has 1 aromatic rings. The summed E-state index contributed by atoms with van der Waals surface area (Å²) in [4.78, 5) is 13.3. The van der Waals surface area contributed by atoms with Crippen LogP contribution in [0.15, 0.2) is 18.2 Å². The van der Waals surface area contributed by atoms with E-state index in [9.17, 15) is 9.90 Å². The van der Waals surface area contributed by atoms with E-state index >= 15 is 0 Å². The van der Waals surface area contributed by atoms with Gasteiger partial charge in [-0.15, -0.1) is 0 Å². The van der Waals surface area contributed by atoms with E-state index in [0.29, 0.717) is 49.5 Å². The Morgan fingerprint density at radius 3 is 2.70 bits per heavy atom. The van der Waals surface area contributed by atoms with Gasteiger partial charge in [-0.05, 0) is 12.1 Å². The van der Waals surface area contributed by atoms with Crippen LogP contribution in [0, 0.1) is 0 Å². The van der Waals surface area contributed by atoms with Crippen LogP contribution >= 0.6 is 0 Å². The van der Waals surface area contributed by atoms with Crippen molar-refractivity contribution in [2.75, 3.05) is 37.4 Å². The molecule has 6 nitrogen and oxygen atoms in total. The van der Waals surface area contributed by atoms with Gasteiger partial charge >= 0.3 is 0 Å². The molecule has 1 saturated heterocycles. The van der Waals surface area contributed by atoms with Gasteiger partial charge in [0.05, 0.1) is 22.5 Å². The molecule has 0 saturated carbocycles. The normalized spacial score (nSPS) is 17.7. The van der Waals surface area contributed by atoms with E-state index in [4.69, 9.17) is 16.2 Å². The third kappa shape index (κ3) is 3.02. The van der Waals surface area contributed by atoms with Gasteiger partial charge in [0, 0.05) is 39.6 Å². The van der Waals surface area contributed by atoms with Crippen molar-refractivity contribution in [2.24, 2.45) is 5.73 Å². The first-order chi connectivity index (χ1) is 9.43. The molecule has 2 rings (SSSR count). The SMILES string of the molecule is CN(CC1(O)CCOCC1)c1c(N)cccc1C(N)=O. The lowest BCUT2D eigenvalue weighted by atomic mass is 9.93. The number of rotatable bonds is 4. The van der Waals surface area contributed by atoms with Crippen molar-refractivity contribution in [1.29, 1.82) is 0 Å². The summed E-state index contributed by atoms with van der Waals surface area (Å²) in [6, 6.07) is 5.04. The number of ether oxygens (including phenoxy) is 1. The summed E-state index contributed by atoms with van der Waals surface area (Å²) in [6.07, 6.45) is 1.13. The van der Waals surface area contributed by atoms with Gasteiger partial charge in [0.2, 0.25) is 0 Å². The molecule has 1 aliphatic rings. The fourth-order valence-electron chi connectivity index (χ4n) is 2.62. The van der Waals surface area contributed by atoms with Crippen LogP contribution in [-0.4, -0.2) is 43.4 Å². The summed E-state index contributed by atoms with van der Waals surface area (Å²) in [6.45, 7) is 1.46. The number of hydrogen-bond acceptors (Lipinski definition) is 5. The highest BCUT2D eigenvalue weighted by molar-refractivity contribution is 6.01. The average molecular weight is 279 g/mol. The molecule has 0 unspecified atom stereocenters. The molecule has 0 bridgehead atoms. The maximum absolute atomic E-state index is 11.5. The summed E-state index contributed by atoms with van der Waals surface area (Å²) in [7, 11) is 1.80. The molecule has 5 N–H and O–H groups in total. The third-order valence-electron chi connectivity index (χ3n) is 3.67. The third-order valence-corrected chi connectivity index (χ3v) is 3.67. The second kappa shape index (κ2) is 5.68. The number of likely N-dealkylation sites (N-methyl/N-ethyl adjacent to an activating group) is 1. The Balaban J connectivity index is 2.24. The van der Waals surface area contributed by atoms with Gasteiger partial charge in [0.1, 0.15) is 0 Å². The lowest BCUT2D eigenvalue weighted by Gasteiger charge is -2.37. The number of amides is 1. The monoisotopic (exact) mass is 279 g/mol. The van der Waals surface area contributed by atoms with Gasteiger partial charge in [-0.1, -0.05) is 6.07 Å². The predicted molar refractivity (Wildman–Crippen MR) is 77.6 cm³/mol. The Kier molecular flexibility index (Phi) is 4.15. The highest BCUT2D eigenvalue weighted by Crippen LogP contribution is 2.30. The molecule has 0 aromatic heterocycles. The number of nitrogen functional groups attached to an aromatic ring is 1. The van der Waals surface area contributed by atoms with Gasteiger partial charge < -0.3 is 26.2 Å². The van der Waals surface area contributed by atoms with E-state index in [2.05, 4.69) is 0 Å². The fourth-order valence-corrected chi connectivity index (χ4v) is 2.62. The van der Waals surface area contributed by atoms with Gasteiger partial charge in [-0.25, -0.2) is 0 Å². The van der Waals surface area contributed by atoms with E-state index in [0.717, 1.165) is 0 Å². The summed E-state index contributed by atoms with van der Waals surface area (Å²) in [5.41, 5.74) is 11.9. The van der Waals surface area contributed by atoms with Crippen molar-refractivity contribution in [3.8, 4) is 0 Å². The van der Waals surface area contributed by atoms with Gasteiger partial charge in [-0.2, -0.15) is 0 Å². The van der Waals surface area contributed by atoms with E-state index in [1.54, 1.807) is 30.1 Å². The van der Waals surface area contributed by atoms with Crippen LogP contribution in [0.1, 0.15) is 23.2 Å². The molecule has 0 radical (unpaired) electrons. The maximum Gasteiger partial charge on any atom is 0.250 e. The number of benzene rings is 1. The van der Waals surface area contributed by atoms with Crippen molar-refractivity contribution >= 4 is 17.3 Å². The molecule has 20 heavy (non-hydrogen) atoms. The summed E-state index contributed by atoms with van der Waals surface area (Å²) in [5.74, 6) is -0.530. The standard InChI is InChI=1S/C14H21N3O3/c1-17(9-14(19)5-7-20-8-6-14)12-10(13(16)18)3-2-4-11(12)15/h2-4,19H,5-9,15H2,1H3,(H2,16,18).